The van der Waals surface area contributed by atoms with Gasteiger partial charge in [-0.15, -0.1) is 0 Å². The lowest BCUT2D eigenvalue weighted by atomic mass is 9.94. The first-order valence-corrected chi connectivity index (χ1v) is 15.8. The van der Waals surface area contributed by atoms with Crippen molar-refractivity contribution < 1.29 is 0 Å². The van der Waals surface area contributed by atoms with Gasteiger partial charge in [0.05, 0.1) is 11.6 Å². The molecule has 0 amide bonds. The molecule has 0 saturated heterocycles. The van der Waals surface area contributed by atoms with E-state index >= 15 is 0 Å². The molecule has 0 atom stereocenters. The standard InChI is InChI=1S/C44H28N4/c45-29-30-9-7-14-37(27-30)31-17-21-33(22-18-31)40-16-8-15-39-28-38(25-26-41(39)40)32-19-23-36(24-20-32)44-47-42(34-10-3-1-4-11-34)46-43(48-44)35-12-5-2-6-13-35/h1-28H. The minimum absolute atomic E-state index is 0.640. The summed E-state index contributed by atoms with van der Waals surface area (Å²) >= 11 is 0. The predicted octanol–water partition coefficient (Wildman–Crippen LogP) is 10.9. The summed E-state index contributed by atoms with van der Waals surface area (Å²) in [6.07, 6.45) is 0. The molecule has 224 valence electrons. The SMILES string of the molecule is N#Cc1cccc(-c2ccc(-c3cccc4cc(-c5ccc(-c6nc(-c7ccccc7)nc(-c7ccccc7)n6)cc5)ccc34)cc2)c1. The minimum atomic E-state index is 0.640. The van der Waals surface area contributed by atoms with Crippen molar-refractivity contribution in [3.05, 3.63) is 175 Å². The van der Waals surface area contributed by atoms with Gasteiger partial charge in [0.1, 0.15) is 0 Å². The molecule has 0 N–H and O–H groups in total. The van der Waals surface area contributed by atoms with Gasteiger partial charge in [0, 0.05) is 16.7 Å². The first kappa shape index (κ1) is 28.8. The van der Waals surface area contributed by atoms with Gasteiger partial charge >= 0.3 is 0 Å². The van der Waals surface area contributed by atoms with E-state index in [0.717, 1.165) is 44.5 Å². The van der Waals surface area contributed by atoms with E-state index in [9.17, 15) is 5.26 Å². The molecule has 0 spiro atoms. The molecule has 0 aliphatic heterocycles. The highest BCUT2D eigenvalue weighted by atomic mass is 15.0. The normalized spacial score (nSPS) is 10.9. The monoisotopic (exact) mass is 612 g/mol. The Bertz CT molecular complexity index is 2370. The van der Waals surface area contributed by atoms with E-state index in [4.69, 9.17) is 15.0 Å². The van der Waals surface area contributed by atoms with Crippen LogP contribution in [0.25, 0.3) is 78.3 Å². The maximum absolute atomic E-state index is 9.29. The third-order valence-corrected chi connectivity index (χ3v) is 8.58. The van der Waals surface area contributed by atoms with Crippen molar-refractivity contribution in [2.75, 3.05) is 0 Å². The Morgan fingerprint density at radius 2 is 0.812 bits per heavy atom. The number of nitrogens with zero attached hydrogens (tertiary/aromatic N) is 4. The quantitative estimate of drug-likeness (QED) is 0.187. The van der Waals surface area contributed by atoms with Gasteiger partial charge in [-0.05, 0) is 62.4 Å². The maximum atomic E-state index is 9.29. The van der Waals surface area contributed by atoms with Crippen LogP contribution in [0.3, 0.4) is 0 Å². The summed E-state index contributed by atoms with van der Waals surface area (Å²) in [6, 6.07) is 60.1. The van der Waals surface area contributed by atoms with Gasteiger partial charge < -0.3 is 0 Å². The highest BCUT2D eigenvalue weighted by molar-refractivity contribution is 5.99. The molecule has 0 aliphatic carbocycles. The molecule has 8 rings (SSSR count). The summed E-state index contributed by atoms with van der Waals surface area (Å²) in [6.45, 7) is 0. The minimum Gasteiger partial charge on any atom is -0.208 e. The molecule has 0 radical (unpaired) electrons. The highest BCUT2D eigenvalue weighted by Crippen LogP contribution is 2.34. The fraction of sp³-hybridized carbons (Fsp3) is 0. The summed E-state index contributed by atoms with van der Waals surface area (Å²) in [7, 11) is 0. The number of hydrogen-bond donors (Lipinski definition) is 0. The van der Waals surface area contributed by atoms with Gasteiger partial charge in [0.25, 0.3) is 0 Å². The van der Waals surface area contributed by atoms with E-state index in [2.05, 4.69) is 91.0 Å². The van der Waals surface area contributed by atoms with Crippen LogP contribution in [-0.4, -0.2) is 15.0 Å². The van der Waals surface area contributed by atoms with Crippen LogP contribution in [0.2, 0.25) is 0 Å². The first-order valence-electron chi connectivity index (χ1n) is 15.8. The van der Waals surface area contributed by atoms with Crippen LogP contribution in [0.5, 0.6) is 0 Å². The van der Waals surface area contributed by atoms with Gasteiger partial charge in [-0.2, -0.15) is 5.26 Å². The summed E-state index contributed by atoms with van der Waals surface area (Å²) in [5.74, 6) is 1.94. The van der Waals surface area contributed by atoms with Crippen molar-refractivity contribution >= 4 is 10.8 Å². The Labute approximate surface area is 279 Å². The van der Waals surface area contributed by atoms with Crippen molar-refractivity contribution in [2.45, 2.75) is 0 Å². The first-order chi connectivity index (χ1) is 23.7. The summed E-state index contributed by atoms with van der Waals surface area (Å²) in [5, 5.41) is 11.7. The highest BCUT2D eigenvalue weighted by Gasteiger charge is 2.13. The average molecular weight is 613 g/mol. The molecule has 48 heavy (non-hydrogen) atoms. The molecule has 0 aliphatic rings. The van der Waals surface area contributed by atoms with E-state index < -0.39 is 0 Å². The Hall–Kier alpha value is -6.70. The zero-order chi connectivity index (χ0) is 32.3. The van der Waals surface area contributed by atoms with Crippen molar-refractivity contribution in [1.82, 2.24) is 15.0 Å². The Morgan fingerprint density at radius 1 is 0.354 bits per heavy atom. The summed E-state index contributed by atoms with van der Waals surface area (Å²) in [4.78, 5) is 14.6. The fourth-order valence-electron chi connectivity index (χ4n) is 6.07. The zero-order valence-corrected chi connectivity index (χ0v) is 26.0. The van der Waals surface area contributed by atoms with Gasteiger partial charge in [-0.1, -0.05) is 152 Å². The molecule has 0 unspecified atom stereocenters. The van der Waals surface area contributed by atoms with Crippen molar-refractivity contribution in [3.8, 4) is 73.6 Å². The molecule has 4 nitrogen and oxygen atoms in total. The van der Waals surface area contributed by atoms with Crippen molar-refractivity contribution in [3.63, 3.8) is 0 Å². The molecule has 0 bridgehead atoms. The number of rotatable bonds is 6. The van der Waals surface area contributed by atoms with Crippen LogP contribution < -0.4 is 0 Å². The van der Waals surface area contributed by atoms with Crippen LogP contribution in [0.4, 0.5) is 0 Å². The van der Waals surface area contributed by atoms with Gasteiger partial charge in [0.15, 0.2) is 17.5 Å². The largest absolute Gasteiger partial charge is 0.208 e. The van der Waals surface area contributed by atoms with Crippen LogP contribution >= 0.6 is 0 Å². The van der Waals surface area contributed by atoms with Crippen LogP contribution in [-0.2, 0) is 0 Å². The topological polar surface area (TPSA) is 62.5 Å². The number of fused-ring (bicyclic) bond motifs is 1. The third-order valence-electron chi connectivity index (χ3n) is 8.58. The Kier molecular flexibility index (Phi) is 7.54. The molecule has 7 aromatic carbocycles. The smallest absolute Gasteiger partial charge is 0.164 e. The van der Waals surface area contributed by atoms with Gasteiger partial charge in [-0.3, -0.25) is 0 Å². The third kappa shape index (κ3) is 5.73. The fourth-order valence-corrected chi connectivity index (χ4v) is 6.07. The van der Waals surface area contributed by atoms with Crippen LogP contribution in [0, 0.1) is 11.3 Å². The molecular weight excluding hydrogens is 585 g/mol. The second-order valence-electron chi connectivity index (χ2n) is 11.6. The van der Waals surface area contributed by atoms with Crippen LogP contribution in [0.1, 0.15) is 5.56 Å². The lowest BCUT2D eigenvalue weighted by molar-refractivity contribution is 1.07. The number of hydrogen-bond acceptors (Lipinski definition) is 4. The van der Waals surface area contributed by atoms with E-state index in [1.807, 2.05) is 84.9 Å². The van der Waals surface area contributed by atoms with Crippen molar-refractivity contribution in [2.24, 2.45) is 0 Å². The van der Waals surface area contributed by atoms with E-state index in [1.54, 1.807) is 0 Å². The Morgan fingerprint density at radius 3 is 1.40 bits per heavy atom. The molecular formula is C44H28N4. The Balaban J connectivity index is 1.10. The van der Waals surface area contributed by atoms with E-state index in [0.29, 0.717) is 23.0 Å². The molecule has 1 aromatic heterocycles. The van der Waals surface area contributed by atoms with Crippen molar-refractivity contribution in [1.29, 1.82) is 5.26 Å². The average Bonchev–Trinajstić information content (AvgIpc) is 3.18. The molecule has 0 saturated carbocycles. The molecule has 0 fully saturated rings. The van der Waals surface area contributed by atoms with Gasteiger partial charge in [0.2, 0.25) is 0 Å². The second kappa shape index (κ2) is 12.6. The lowest BCUT2D eigenvalue weighted by Crippen LogP contribution is -2.00. The van der Waals surface area contributed by atoms with Gasteiger partial charge in [-0.25, -0.2) is 15.0 Å². The summed E-state index contributed by atoms with van der Waals surface area (Å²) < 4.78 is 0. The van der Waals surface area contributed by atoms with E-state index in [1.165, 1.54) is 16.3 Å². The summed E-state index contributed by atoms with van der Waals surface area (Å²) in [5.41, 5.74) is 10.2. The number of nitriles is 1. The molecule has 4 heteroatoms. The van der Waals surface area contributed by atoms with Crippen LogP contribution in [0.15, 0.2) is 170 Å². The predicted molar refractivity (Wildman–Crippen MR) is 195 cm³/mol. The number of aromatic nitrogens is 3. The molecule has 8 aromatic rings. The zero-order valence-electron chi connectivity index (χ0n) is 26.0. The molecule has 1 heterocycles. The second-order valence-corrected chi connectivity index (χ2v) is 11.6. The maximum Gasteiger partial charge on any atom is 0.164 e. The number of benzene rings is 7. The van der Waals surface area contributed by atoms with E-state index in [-0.39, 0.29) is 0 Å². The lowest BCUT2D eigenvalue weighted by Gasteiger charge is -2.11.